The number of aromatic nitrogens is 1. The van der Waals surface area contributed by atoms with E-state index in [1.54, 1.807) is 12.1 Å². The molecule has 1 heterocycles. The molecule has 0 fully saturated rings. The van der Waals surface area contributed by atoms with E-state index in [0.717, 1.165) is 0 Å². The molecule has 2 amide bonds. The zero-order valence-corrected chi connectivity index (χ0v) is 14.6. The highest BCUT2D eigenvalue weighted by Gasteiger charge is 2.11. The minimum Gasteiger partial charge on any atom is -0.505 e. The maximum Gasteiger partial charge on any atom is 0.273 e. The average molecular weight is 408 g/mol. The smallest absolute Gasteiger partial charge is 0.273 e. The summed E-state index contributed by atoms with van der Waals surface area (Å²) >= 11 is 3.23. The molecule has 8 heteroatoms. The molecule has 1 aromatic heterocycles. The van der Waals surface area contributed by atoms with Crippen LogP contribution >= 0.6 is 15.9 Å². The van der Waals surface area contributed by atoms with Crippen molar-refractivity contribution in [1.29, 1.82) is 0 Å². The van der Waals surface area contributed by atoms with E-state index in [1.165, 1.54) is 36.5 Å². The molecule has 0 aliphatic carbocycles. The van der Waals surface area contributed by atoms with Gasteiger partial charge in [0.05, 0.1) is 0 Å². The van der Waals surface area contributed by atoms with E-state index in [1.807, 2.05) is 0 Å². The number of pyridine rings is 1. The molecule has 130 valence electrons. The summed E-state index contributed by atoms with van der Waals surface area (Å²) in [6, 6.07) is 7.28. The van der Waals surface area contributed by atoms with Gasteiger partial charge in [-0.2, -0.15) is 0 Å². The Hall–Kier alpha value is -2.74. The number of aromatic hydroxyl groups is 1. The zero-order chi connectivity index (χ0) is 18.2. The van der Waals surface area contributed by atoms with Crippen molar-refractivity contribution in [3.05, 3.63) is 64.2 Å². The Kier molecular flexibility index (Phi) is 6.64. The van der Waals surface area contributed by atoms with Crippen LogP contribution in [0.2, 0.25) is 0 Å². The number of hydrogen-bond acceptors (Lipinski definition) is 4. The summed E-state index contributed by atoms with van der Waals surface area (Å²) in [5, 5.41) is 14.6. The molecule has 2 aromatic rings. The molecule has 0 radical (unpaired) electrons. The second-order valence-corrected chi connectivity index (χ2v) is 5.83. The summed E-state index contributed by atoms with van der Waals surface area (Å²) in [5.41, 5.74) is 0.197. The second-order valence-electron chi connectivity index (χ2n) is 4.92. The van der Waals surface area contributed by atoms with Gasteiger partial charge in [0.1, 0.15) is 11.6 Å². The first kappa shape index (κ1) is 18.6. The van der Waals surface area contributed by atoms with Gasteiger partial charge in [-0.3, -0.25) is 9.59 Å². The SMILES string of the molecule is O=C(/C=C/c1cc(Br)ccc1F)NCCNC(=O)c1ncccc1O. The molecule has 0 saturated heterocycles. The van der Waals surface area contributed by atoms with Crippen LogP contribution in [0.4, 0.5) is 4.39 Å². The predicted octanol–water partition coefficient (Wildman–Crippen LogP) is 2.25. The van der Waals surface area contributed by atoms with Crippen molar-refractivity contribution in [3.8, 4) is 5.75 Å². The van der Waals surface area contributed by atoms with Crippen molar-refractivity contribution < 1.29 is 19.1 Å². The molecule has 3 N–H and O–H groups in total. The molecule has 0 aliphatic heterocycles. The Labute approximate surface area is 151 Å². The van der Waals surface area contributed by atoms with E-state index in [-0.39, 0.29) is 30.1 Å². The molecule has 0 atom stereocenters. The van der Waals surface area contributed by atoms with E-state index >= 15 is 0 Å². The Morgan fingerprint density at radius 3 is 2.76 bits per heavy atom. The van der Waals surface area contributed by atoms with E-state index in [2.05, 4.69) is 31.5 Å². The average Bonchev–Trinajstić information content (AvgIpc) is 2.59. The lowest BCUT2D eigenvalue weighted by Gasteiger charge is -2.06. The molecule has 0 unspecified atom stereocenters. The highest BCUT2D eigenvalue weighted by Crippen LogP contribution is 2.16. The highest BCUT2D eigenvalue weighted by molar-refractivity contribution is 9.10. The number of carbonyl (C=O) groups is 2. The number of hydrogen-bond donors (Lipinski definition) is 3. The summed E-state index contributed by atoms with van der Waals surface area (Å²) < 4.78 is 14.2. The van der Waals surface area contributed by atoms with Crippen LogP contribution in [-0.2, 0) is 4.79 Å². The number of carbonyl (C=O) groups excluding carboxylic acids is 2. The molecular formula is C17H15BrFN3O3. The van der Waals surface area contributed by atoms with Gasteiger partial charge in [-0.25, -0.2) is 9.37 Å². The number of rotatable bonds is 6. The number of amides is 2. The van der Waals surface area contributed by atoms with Crippen LogP contribution < -0.4 is 10.6 Å². The molecule has 0 bridgehead atoms. The third kappa shape index (κ3) is 5.68. The fourth-order valence-corrected chi connectivity index (χ4v) is 2.26. The fourth-order valence-electron chi connectivity index (χ4n) is 1.88. The van der Waals surface area contributed by atoms with Crippen LogP contribution in [0.3, 0.4) is 0 Å². The molecule has 1 aromatic carbocycles. The van der Waals surface area contributed by atoms with E-state index in [4.69, 9.17) is 0 Å². The first-order valence-corrected chi connectivity index (χ1v) is 8.10. The lowest BCUT2D eigenvalue weighted by Crippen LogP contribution is -2.34. The second kappa shape index (κ2) is 8.93. The first-order chi connectivity index (χ1) is 12.0. The van der Waals surface area contributed by atoms with E-state index in [9.17, 15) is 19.1 Å². The normalized spacial score (nSPS) is 10.6. The van der Waals surface area contributed by atoms with Crippen molar-refractivity contribution in [2.45, 2.75) is 0 Å². The van der Waals surface area contributed by atoms with Gasteiger partial charge in [-0.1, -0.05) is 15.9 Å². The van der Waals surface area contributed by atoms with Gasteiger partial charge < -0.3 is 15.7 Å². The zero-order valence-electron chi connectivity index (χ0n) is 13.0. The van der Waals surface area contributed by atoms with Gasteiger partial charge in [0.25, 0.3) is 5.91 Å². The van der Waals surface area contributed by atoms with Crippen LogP contribution in [-0.4, -0.2) is 35.0 Å². The molecule has 25 heavy (non-hydrogen) atoms. The van der Waals surface area contributed by atoms with E-state index < -0.39 is 17.6 Å². The third-order valence-electron chi connectivity index (χ3n) is 3.08. The Bertz CT molecular complexity index is 811. The lowest BCUT2D eigenvalue weighted by molar-refractivity contribution is -0.116. The highest BCUT2D eigenvalue weighted by atomic mass is 79.9. The number of nitrogens with zero attached hydrogens (tertiary/aromatic N) is 1. The van der Waals surface area contributed by atoms with Crippen LogP contribution in [0.5, 0.6) is 5.75 Å². The summed E-state index contributed by atoms with van der Waals surface area (Å²) in [5.74, 6) is -1.62. The Morgan fingerprint density at radius 1 is 1.24 bits per heavy atom. The first-order valence-electron chi connectivity index (χ1n) is 7.30. The summed E-state index contributed by atoms with van der Waals surface area (Å²) in [7, 11) is 0. The minimum absolute atomic E-state index is 0.0844. The van der Waals surface area contributed by atoms with Gasteiger partial charge in [-0.05, 0) is 36.4 Å². The van der Waals surface area contributed by atoms with Crippen LogP contribution in [0.25, 0.3) is 6.08 Å². The van der Waals surface area contributed by atoms with Gasteiger partial charge in [-0.15, -0.1) is 0 Å². The van der Waals surface area contributed by atoms with Crippen molar-refractivity contribution in [2.75, 3.05) is 13.1 Å². The fraction of sp³-hybridized carbons (Fsp3) is 0.118. The number of halogens is 2. The molecular weight excluding hydrogens is 393 g/mol. The number of nitrogens with one attached hydrogen (secondary N) is 2. The van der Waals surface area contributed by atoms with Crippen molar-refractivity contribution in [1.82, 2.24) is 15.6 Å². The van der Waals surface area contributed by atoms with E-state index in [0.29, 0.717) is 4.47 Å². The Balaban J connectivity index is 1.77. The predicted molar refractivity (Wildman–Crippen MR) is 94.4 cm³/mol. The molecule has 2 rings (SSSR count). The quantitative estimate of drug-likeness (QED) is 0.505. The number of benzene rings is 1. The summed E-state index contributed by atoms with van der Waals surface area (Å²) in [6.07, 6.45) is 3.96. The van der Waals surface area contributed by atoms with Gasteiger partial charge in [0.2, 0.25) is 5.91 Å². The van der Waals surface area contributed by atoms with Crippen molar-refractivity contribution in [3.63, 3.8) is 0 Å². The monoisotopic (exact) mass is 407 g/mol. The molecule has 0 aliphatic rings. The Morgan fingerprint density at radius 2 is 2.00 bits per heavy atom. The van der Waals surface area contributed by atoms with Gasteiger partial charge >= 0.3 is 0 Å². The van der Waals surface area contributed by atoms with Crippen molar-refractivity contribution >= 4 is 33.8 Å². The summed E-state index contributed by atoms with van der Waals surface area (Å²) in [6.45, 7) is 0.323. The largest absolute Gasteiger partial charge is 0.505 e. The maximum absolute atomic E-state index is 13.5. The van der Waals surface area contributed by atoms with Crippen LogP contribution in [0, 0.1) is 5.82 Å². The lowest BCUT2D eigenvalue weighted by atomic mass is 10.2. The van der Waals surface area contributed by atoms with Crippen LogP contribution in [0.15, 0.2) is 47.1 Å². The van der Waals surface area contributed by atoms with Gasteiger partial charge in [0, 0.05) is 35.4 Å². The molecule has 0 spiro atoms. The molecule has 6 nitrogen and oxygen atoms in total. The maximum atomic E-state index is 13.5. The van der Waals surface area contributed by atoms with Crippen LogP contribution in [0.1, 0.15) is 16.1 Å². The standard InChI is InChI=1S/C17H15BrFN3O3/c18-12-4-5-13(19)11(10-12)3-6-15(24)20-8-9-22-17(25)16-14(23)2-1-7-21-16/h1-7,10,23H,8-9H2,(H,20,24)(H,22,25)/b6-3+. The minimum atomic E-state index is -0.543. The summed E-state index contributed by atoms with van der Waals surface area (Å²) in [4.78, 5) is 27.2. The van der Waals surface area contributed by atoms with Gasteiger partial charge in [0.15, 0.2) is 5.69 Å². The topological polar surface area (TPSA) is 91.3 Å². The third-order valence-corrected chi connectivity index (χ3v) is 3.58. The molecule has 0 saturated carbocycles. The van der Waals surface area contributed by atoms with Crippen molar-refractivity contribution in [2.24, 2.45) is 0 Å².